The summed E-state index contributed by atoms with van der Waals surface area (Å²) in [5, 5.41) is 0.574. The second-order valence-electron chi connectivity index (χ2n) is 3.94. The van der Waals surface area contributed by atoms with Crippen LogP contribution in [0, 0.1) is 6.92 Å². The maximum Gasteiger partial charge on any atom is 0.228 e. The van der Waals surface area contributed by atoms with E-state index >= 15 is 0 Å². The number of carbonyl (C=O) groups is 1. The van der Waals surface area contributed by atoms with Gasteiger partial charge in [-0.1, -0.05) is 23.7 Å². The van der Waals surface area contributed by atoms with E-state index in [4.69, 9.17) is 20.8 Å². The Morgan fingerprint density at radius 3 is 2.83 bits per heavy atom. The summed E-state index contributed by atoms with van der Waals surface area (Å²) >= 11 is 6.00. The molecule has 0 atom stereocenters. The first-order valence-corrected chi connectivity index (χ1v) is 5.88. The molecule has 0 amide bonds. The molecule has 18 heavy (non-hydrogen) atoms. The van der Waals surface area contributed by atoms with Gasteiger partial charge in [-0.3, -0.25) is 4.79 Å². The van der Waals surface area contributed by atoms with Gasteiger partial charge >= 0.3 is 0 Å². The Kier molecular flexibility index (Phi) is 3.84. The molecule has 0 aliphatic rings. The molecule has 94 valence electrons. The first-order valence-electron chi connectivity index (χ1n) is 5.51. The van der Waals surface area contributed by atoms with Crippen molar-refractivity contribution in [2.24, 2.45) is 0 Å². The van der Waals surface area contributed by atoms with Crippen molar-refractivity contribution in [2.75, 3.05) is 7.11 Å². The summed E-state index contributed by atoms with van der Waals surface area (Å²) in [4.78, 5) is 12.2. The third kappa shape index (κ3) is 2.47. The van der Waals surface area contributed by atoms with Crippen LogP contribution in [0.1, 0.15) is 27.4 Å². The Bertz CT molecular complexity index is 572. The number of furan rings is 1. The molecule has 0 saturated carbocycles. The number of hydrogen-bond acceptors (Lipinski definition) is 3. The monoisotopic (exact) mass is 264 g/mol. The first kappa shape index (κ1) is 12.9. The van der Waals surface area contributed by atoms with Gasteiger partial charge in [0.25, 0.3) is 0 Å². The zero-order valence-corrected chi connectivity index (χ0v) is 11.0. The van der Waals surface area contributed by atoms with E-state index in [-0.39, 0.29) is 5.78 Å². The SMILES string of the molecule is COCc1ccc(C(=O)c2cccc(Cl)c2C)o1. The van der Waals surface area contributed by atoms with E-state index in [9.17, 15) is 4.79 Å². The summed E-state index contributed by atoms with van der Waals surface area (Å²) in [5.74, 6) is 0.755. The van der Waals surface area contributed by atoms with E-state index in [0.29, 0.717) is 28.7 Å². The normalized spacial score (nSPS) is 10.6. The van der Waals surface area contributed by atoms with Gasteiger partial charge in [0.15, 0.2) is 5.76 Å². The molecule has 2 aromatic rings. The number of ketones is 1. The fourth-order valence-corrected chi connectivity index (χ4v) is 1.88. The summed E-state index contributed by atoms with van der Waals surface area (Å²) in [5.41, 5.74) is 1.31. The molecule has 0 N–H and O–H groups in total. The average Bonchev–Trinajstić information content (AvgIpc) is 2.81. The minimum Gasteiger partial charge on any atom is -0.455 e. The fraction of sp³-hybridized carbons (Fsp3) is 0.214. The Balaban J connectivity index is 2.32. The van der Waals surface area contributed by atoms with Crippen LogP contribution in [-0.4, -0.2) is 12.9 Å². The molecule has 0 saturated heterocycles. The third-order valence-corrected chi connectivity index (χ3v) is 3.09. The van der Waals surface area contributed by atoms with Crippen LogP contribution in [0.5, 0.6) is 0 Å². The molecule has 0 unspecified atom stereocenters. The number of methoxy groups -OCH3 is 1. The van der Waals surface area contributed by atoms with Gasteiger partial charge in [0.1, 0.15) is 12.4 Å². The molecule has 0 aliphatic carbocycles. The second kappa shape index (κ2) is 5.38. The highest BCUT2D eigenvalue weighted by atomic mass is 35.5. The number of benzene rings is 1. The second-order valence-corrected chi connectivity index (χ2v) is 4.35. The predicted octanol–water partition coefficient (Wildman–Crippen LogP) is 3.62. The molecule has 1 aromatic heterocycles. The lowest BCUT2D eigenvalue weighted by Gasteiger charge is -2.04. The summed E-state index contributed by atoms with van der Waals surface area (Å²) in [6.45, 7) is 2.16. The van der Waals surface area contributed by atoms with E-state index in [1.54, 1.807) is 37.4 Å². The Morgan fingerprint density at radius 2 is 2.11 bits per heavy atom. The standard InChI is InChI=1S/C14H13ClO3/c1-9-11(4-3-5-12(9)15)14(16)13-7-6-10(18-13)8-17-2/h3-7H,8H2,1-2H3. The lowest BCUT2D eigenvalue weighted by molar-refractivity contribution is 0.0999. The van der Waals surface area contributed by atoms with Gasteiger partial charge in [-0.15, -0.1) is 0 Å². The van der Waals surface area contributed by atoms with Crippen molar-refractivity contribution in [3.8, 4) is 0 Å². The van der Waals surface area contributed by atoms with Gasteiger partial charge in [-0.2, -0.15) is 0 Å². The molecule has 0 spiro atoms. The fourth-order valence-electron chi connectivity index (χ4n) is 1.71. The highest BCUT2D eigenvalue weighted by Crippen LogP contribution is 2.22. The van der Waals surface area contributed by atoms with Gasteiger partial charge in [-0.05, 0) is 30.7 Å². The molecule has 1 aromatic carbocycles. The van der Waals surface area contributed by atoms with Crippen molar-refractivity contribution in [1.82, 2.24) is 0 Å². The topological polar surface area (TPSA) is 39.4 Å². The first-order chi connectivity index (χ1) is 8.63. The van der Waals surface area contributed by atoms with Crippen molar-refractivity contribution in [1.29, 1.82) is 0 Å². The van der Waals surface area contributed by atoms with Crippen LogP contribution in [0.25, 0.3) is 0 Å². The van der Waals surface area contributed by atoms with Crippen molar-refractivity contribution in [3.63, 3.8) is 0 Å². The average molecular weight is 265 g/mol. The van der Waals surface area contributed by atoms with Gasteiger partial charge < -0.3 is 9.15 Å². The summed E-state index contributed by atoms with van der Waals surface area (Å²) < 4.78 is 10.4. The van der Waals surface area contributed by atoms with Crippen molar-refractivity contribution in [2.45, 2.75) is 13.5 Å². The molecule has 2 rings (SSSR count). The van der Waals surface area contributed by atoms with Crippen LogP contribution in [-0.2, 0) is 11.3 Å². The number of carbonyl (C=O) groups excluding carboxylic acids is 1. The van der Waals surface area contributed by atoms with Crippen LogP contribution in [0.2, 0.25) is 5.02 Å². The predicted molar refractivity (Wildman–Crippen MR) is 69.0 cm³/mol. The minimum absolute atomic E-state index is 0.169. The van der Waals surface area contributed by atoms with E-state index < -0.39 is 0 Å². The lowest BCUT2D eigenvalue weighted by Crippen LogP contribution is -2.02. The number of halogens is 1. The molecule has 0 fully saturated rings. The molecular formula is C14H13ClO3. The van der Waals surface area contributed by atoms with Gasteiger partial charge in [0.05, 0.1) is 0 Å². The molecule has 1 heterocycles. The quantitative estimate of drug-likeness (QED) is 0.792. The molecule has 0 aliphatic heterocycles. The number of hydrogen-bond donors (Lipinski definition) is 0. The van der Waals surface area contributed by atoms with E-state index in [1.807, 2.05) is 6.92 Å². The summed E-state index contributed by atoms with van der Waals surface area (Å²) in [6, 6.07) is 8.63. The zero-order chi connectivity index (χ0) is 13.1. The largest absolute Gasteiger partial charge is 0.455 e. The Morgan fingerprint density at radius 1 is 1.33 bits per heavy atom. The van der Waals surface area contributed by atoms with Crippen LogP contribution in [0.4, 0.5) is 0 Å². The van der Waals surface area contributed by atoms with Gasteiger partial charge in [-0.25, -0.2) is 0 Å². The van der Waals surface area contributed by atoms with Crippen molar-refractivity contribution >= 4 is 17.4 Å². The molecule has 0 bridgehead atoms. The van der Waals surface area contributed by atoms with E-state index in [0.717, 1.165) is 5.56 Å². The minimum atomic E-state index is -0.169. The zero-order valence-electron chi connectivity index (χ0n) is 10.2. The summed E-state index contributed by atoms with van der Waals surface area (Å²) in [6.07, 6.45) is 0. The number of ether oxygens (including phenoxy) is 1. The smallest absolute Gasteiger partial charge is 0.228 e. The van der Waals surface area contributed by atoms with E-state index in [1.165, 1.54) is 0 Å². The van der Waals surface area contributed by atoms with Crippen LogP contribution in [0.3, 0.4) is 0 Å². The van der Waals surface area contributed by atoms with E-state index in [2.05, 4.69) is 0 Å². The lowest BCUT2D eigenvalue weighted by atomic mass is 10.0. The Labute approximate surface area is 110 Å². The molecule has 0 radical (unpaired) electrons. The highest BCUT2D eigenvalue weighted by Gasteiger charge is 2.16. The van der Waals surface area contributed by atoms with Crippen LogP contribution in [0.15, 0.2) is 34.7 Å². The maximum absolute atomic E-state index is 12.2. The van der Waals surface area contributed by atoms with Crippen molar-refractivity contribution < 1.29 is 13.9 Å². The van der Waals surface area contributed by atoms with Gasteiger partial charge in [0.2, 0.25) is 5.78 Å². The molecule has 4 heteroatoms. The summed E-state index contributed by atoms with van der Waals surface area (Å²) in [7, 11) is 1.57. The molecular weight excluding hydrogens is 252 g/mol. The van der Waals surface area contributed by atoms with Crippen LogP contribution < -0.4 is 0 Å². The van der Waals surface area contributed by atoms with Gasteiger partial charge in [0, 0.05) is 17.7 Å². The number of rotatable bonds is 4. The maximum atomic E-state index is 12.2. The Hall–Kier alpha value is -1.58. The highest BCUT2D eigenvalue weighted by molar-refractivity contribution is 6.32. The van der Waals surface area contributed by atoms with Crippen LogP contribution >= 0.6 is 11.6 Å². The molecule has 3 nitrogen and oxygen atoms in total. The third-order valence-electron chi connectivity index (χ3n) is 2.68. The van der Waals surface area contributed by atoms with Crippen molar-refractivity contribution in [3.05, 3.63) is 58.0 Å².